The quantitative estimate of drug-likeness (QED) is 0.765. The molecule has 0 aromatic carbocycles. The van der Waals surface area contributed by atoms with Crippen molar-refractivity contribution in [3.05, 3.63) is 0 Å². The molecule has 2 fully saturated rings. The zero-order chi connectivity index (χ0) is 13.7. The van der Waals surface area contributed by atoms with Crippen LogP contribution in [0.2, 0.25) is 0 Å². The SMILES string of the molecule is CC(C(=O)N1CCCCCC1)N1CCC(C#N)CC1. The number of rotatable bonds is 2. The number of nitriles is 1. The van der Waals surface area contributed by atoms with Crippen LogP contribution in [0.15, 0.2) is 0 Å². The van der Waals surface area contributed by atoms with Crippen LogP contribution in [0.4, 0.5) is 0 Å². The summed E-state index contributed by atoms with van der Waals surface area (Å²) >= 11 is 0. The van der Waals surface area contributed by atoms with Gasteiger partial charge in [-0.05, 0) is 32.6 Å². The number of carbonyl (C=O) groups excluding carboxylic acids is 1. The molecule has 0 N–H and O–H groups in total. The van der Waals surface area contributed by atoms with Gasteiger partial charge in [0.1, 0.15) is 0 Å². The van der Waals surface area contributed by atoms with Crippen molar-refractivity contribution >= 4 is 5.91 Å². The van der Waals surface area contributed by atoms with Crippen LogP contribution in [-0.4, -0.2) is 47.9 Å². The molecule has 0 aromatic rings. The van der Waals surface area contributed by atoms with Crippen molar-refractivity contribution in [3.8, 4) is 6.07 Å². The summed E-state index contributed by atoms with van der Waals surface area (Å²) < 4.78 is 0. The number of hydrogen-bond donors (Lipinski definition) is 0. The third kappa shape index (κ3) is 3.70. The van der Waals surface area contributed by atoms with E-state index in [9.17, 15) is 4.79 Å². The molecule has 4 heteroatoms. The van der Waals surface area contributed by atoms with Gasteiger partial charge in [0.15, 0.2) is 0 Å². The van der Waals surface area contributed by atoms with Gasteiger partial charge in [-0.2, -0.15) is 5.26 Å². The van der Waals surface area contributed by atoms with Crippen molar-refractivity contribution in [1.29, 1.82) is 5.26 Å². The standard InChI is InChI=1S/C15H25N3O/c1-13(17-10-6-14(12-16)7-11-17)15(19)18-8-4-2-3-5-9-18/h13-14H,2-11H2,1H3. The average molecular weight is 263 g/mol. The van der Waals surface area contributed by atoms with Crippen LogP contribution >= 0.6 is 0 Å². The van der Waals surface area contributed by atoms with Gasteiger partial charge in [0.05, 0.1) is 12.1 Å². The van der Waals surface area contributed by atoms with Crippen molar-refractivity contribution in [2.75, 3.05) is 26.2 Å². The van der Waals surface area contributed by atoms with Crippen LogP contribution in [-0.2, 0) is 4.79 Å². The van der Waals surface area contributed by atoms with Crippen LogP contribution in [0.1, 0.15) is 45.4 Å². The largest absolute Gasteiger partial charge is 0.341 e. The molecule has 0 bridgehead atoms. The highest BCUT2D eigenvalue weighted by atomic mass is 16.2. The highest BCUT2D eigenvalue weighted by molar-refractivity contribution is 5.81. The Balaban J connectivity index is 1.86. The van der Waals surface area contributed by atoms with Crippen molar-refractivity contribution in [3.63, 3.8) is 0 Å². The second-order valence-electron chi connectivity index (χ2n) is 5.85. The number of amides is 1. The van der Waals surface area contributed by atoms with Crippen molar-refractivity contribution < 1.29 is 4.79 Å². The highest BCUT2D eigenvalue weighted by Gasteiger charge is 2.29. The van der Waals surface area contributed by atoms with Crippen LogP contribution in [0.5, 0.6) is 0 Å². The van der Waals surface area contributed by atoms with E-state index in [4.69, 9.17) is 5.26 Å². The molecular weight excluding hydrogens is 238 g/mol. The molecule has 2 rings (SSSR count). The summed E-state index contributed by atoms with van der Waals surface area (Å²) in [7, 11) is 0. The van der Waals surface area contributed by atoms with E-state index in [1.54, 1.807) is 0 Å². The Morgan fingerprint density at radius 3 is 2.21 bits per heavy atom. The molecule has 0 radical (unpaired) electrons. The summed E-state index contributed by atoms with van der Waals surface area (Å²) in [6.45, 7) is 5.66. The first-order valence-electron chi connectivity index (χ1n) is 7.65. The maximum absolute atomic E-state index is 12.5. The van der Waals surface area contributed by atoms with E-state index in [1.165, 1.54) is 12.8 Å². The Bertz CT molecular complexity index is 334. The molecule has 2 saturated heterocycles. The van der Waals surface area contributed by atoms with E-state index in [-0.39, 0.29) is 17.9 Å². The summed E-state index contributed by atoms with van der Waals surface area (Å²) in [6, 6.07) is 2.33. The summed E-state index contributed by atoms with van der Waals surface area (Å²) in [4.78, 5) is 16.8. The lowest BCUT2D eigenvalue weighted by atomic mass is 9.97. The maximum atomic E-state index is 12.5. The normalized spacial score (nSPS) is 24.5. The first-order valence-corrected chi connectivity index (χ1v) is 7.65. The van der Waals surface area contributed by atoms with Crippen LogP contribution in [0, 0.1) is 17.2 Å². The molecule has 106 valence electrons. The van der Waals surface area contributed by atoms with Gasteiger partial charge in [-0.3, -0.25) is 9.69 Å². The number of carbonyl (C=O) groups is 1. The zero-order valence-electron chi connectivity index (χ0n) is 12.0. The highest BCUT2D eigenvalue weighted by Crippen LogP contribution is 2.20. The van der Waals surface area contributed by atoms with Crippen molar-refractivity contribution in [2.45, 2.75) is 51.5 Å². The Morgan fingerprint density at radius 1 is 1.11 bits per heavy atom. The van der Waals surface area contributed by atoms with Gasteiger partial charge < -0.3 is 4.90 Å². The van der Waals surface area contributed by atoms with Gasteiger partial charge in [-0.25, -0.2) is 0 Å². The molecule has 0 spiro atoms. The molecule has 0 saturated carbocycles. The number of likely N-dealkylation sites (tertiary alicyclic amines) is 2. The first-order chi connectivity index (χ1) is 9.22. The molecule has 1 unspecified atom stereocenters. The monoisotopic (exact) mass is 263 g/mol. The second-order valence-corrected chi connectivity index (χ2v) is 5.85. The minimum atomic E-state index is -0.0160. The summed E-state index contributed by atoms with van der Waals surface area (Å²) in [5, 5.41) is 8.92. The molecule has 2 aliphatic heterocycles. The average Bonchev–Trinajstić information content (AvgIpc) is 2.75. The second kappa shape index (κ2) is 6.91. The van der Waals surface area contributed by atoms with Gasteiger partial charge >= 0.3 is 0 Å². The lowest BCUT2D eigenvalue weighted by Crippen LogP contribution is -2.49. The number of piperidine rings is 1. The van der Waals surface area contributed by atoms with Gasteiger partial charge in [-0.1, -0.05) is 12.8 Å². The Morgan fingerprint density at radius 2 is 1.68 bits per heavy atom. The molecule has 2 aliphatic rings. The predicted octanol–water partition coefficient (Wildman–Crippen LogP) is 2.01. The van der Waals surface area contributed by atoms with Crippen molar-refractivity contribution in [2.24, 2.45) is 5.92 Å². The lowest BCUT2D eigenvalue weighted by Gasteiger charge is -2.35. The Labute approximate surface area is 116 Å². The molecule has 1 atom stereocenters. The third-order valence-corrected chi connectivity index (χ3v) is 4.53. The Hall–Kier alpha value is -1.08. The minimum Gasteiger partial charge on any atom is -0.341 e. The number of nitrogens with zero attached hydrogens (tertiary/aromatic N) is 3. The maximum Gasteiger partial charge on any atom is 0.239 e. The van der Waals surface area contributed by atoms with Gasteiger partial charge in [-0.15, -0.1) is 0 Å². The molecule has 1 amide bonds. The van der Waals surface area contributed by atoms with E-state index in [0.29, 0.717) is 0 Å². The van der Waals surface area contributed by atoms with E-state index >= 15 is 0 Å². The number of hydrogen-bond acceptors (Lipinski definition) is 3. The van der Waals surface area contributed by atoms with Crippen molar-refractivity contribution in [1.82, 2.24) is 9.80 Å². The van der Waals surface area contributed by atoms with E-state index in [0.717, 1.165) is 51.9 Å². The molecule has 0 aliphatic carbocycles. The van der Waals surface area contributed by atoms with Crippen LogP contribution in [0.3, 0.4) is 0 Å². The Kier molecular flexibility index (Phi) is 5.21. The van der Waals surface area contributed by atoms with Gasteiger partial charge in [0, 0.05) is 32.1 Å². The molecule has 0 aromatic heterocycles. The van der Waals surface area contributed by atoms with Crippen LogP contribution in [0.25, 0.3) is 0 Å². The summed E-state index contributed by atoms with van der Waals surface area (Å²) in [5.41, 5.74) is 0. The van der Waals surface area contributed by atoms with E-state index < -0.39 is 0 Å². The molecule has 4 nitrogen and oxygen atoms in total. The fraction of sp³-hybridized carbons (Fsp3) is 0.867. The first kappa shape index (κ1) is 14.3. The van der Waals surface area contributed by atoms with Gasteiger partial charge in [0.2, 0.25) is 5.91 Å². The third-order valence-electron chi connectivity index (χ3n) is 4.53. The fourth-order valence-corrected chi connectivity index (χ4v) is 3.13. The minimum absolute atomic E-state index is 0.0160. The molecule has 2 heterocycles. The molecular formula is C15H25N3O. The lowest BCUT2D eigenvalue weighted by molar-refractivity contribution is -0.136. The topological polar surface area (TPSA) is 47.3 Å². The zero-order valence-corrected chi connectivity index (χ0v) is 12.0. The van der Waals surface area contributed by atoms with E-state index in [1.807, 2.05) is 11.8 Å². The van der Waals surface area contributed by atoms with Crippen LogP contribution < -0.4 is 0 Å². The predicted molar refractivity (Wildman–Crippen MR) is 74.4 cm³/mol. The summed E-state index contributed by atoms with van der Waals surface area (Å²) in [6.07, 6.45) is 6.63. The van der Waals surface area contributed by atoms with E-state index in [2.05, 4.69) is 11.0 Å². The smallest absolute Gasteiger partial charge is 0.239 e. The molecule has 19 heavy (non-hydrogen) atoms. The van der Waals surface area contributed by atoms with Gasteiger partial charge in [0.25, 0.3) is 0 Å². The summed E-state index contributed by atoms with van der Waals surface area (Å²) in [5.74, 6) is 0.481. The fourth-order valence-electron chi connectivity index (χ4n) is 3.13.